The Morgan fingerprint density at radius 3 is 2.24 bits per heavy atom. The zero-order valence-electron chi connectivity index (χ0n) is 16.6. The maximum Gasteiger partial charge on any atom is 0.260 e. The van der Waals surface area contributed by atoms with E-state index in [9.17, 15) is 4.79 Å². The average molecular weight is 456 g/mol. The molecule has 0 aliphatic rings. The number of hydrogen-bond acceptors (Lipinski definition) is 6. The largest absolute Gasteiger partial charge is 0.495 e. The molecule has 3 aromatic rings. The van der Waals surface area contributed by atoms with Gasteiger partial charge >= 0.3 is 0 Å². The quantitative estimate of drug-likeness (QED) is 0.520. The number of amides is 1. The Bertz CT molecular complexity index is 936. The molecule has 0 unspecified atom stereocenters. The molecule has 0 aliphatic carbocycles. The van der Waals surface area contributed by atoms with Crippen LogP contribution in [-0.4, -0.2) is 57.2 Å². The Morgan fingerprint density at radius 1 is 1.03 bits per heavy atom. The van der Waals surface area contributed by atoms with E-state index in [1.54, 1.807) is 43.4 Å². The van der Waals surface area contributed by atoms with Crippen molar-refractivity contribution in [3.05, 3.63) is 47.0 Å². The second-order valence-corrected chi connectivity index (χ2v) is 7.83. The molecule has 0 saturated carbocycles. The molecule has 0 atom stereocenters. The van der Waals surface area contributed by atoms with Crippen molar-refractivity contribution >= 4 is 56.6 Å². The summed E-state index contributed by atoms with van der Waals surface area (Å²) < 4.78 is 11.7. The summed E-state index contributed by atoms with van der Waals surface area (Å²) in [6, 6.07) is 10.5. The molecule has 6 nitrogen and oxygen atoms in total. The number of anilines is 1. The van der Waals surface area contributed by atoms with Crippen molar-refractivity contribution in [1.82, 2.24) is 9.88 Å². The molecule has 0 spiro atoms. The molecule has 1 amide bonds. The second kappa shape index (κ2) is 10.1. The van der Waals surface area contributed by atoms with E-state index >= 15 is 0 Å². The third-order valence-electron chi connectivity index (χ3n) is 4.24. The molecule has 1 heterocycles. The van der Waals surface area contributed by atoms with Crippen molar-refractivity contribution in [2.75, 3.05) is 46.3 Å². The number of halogens is 2. The van der Waals surface area contributed by atoms with Gasteiger partial charge in [-0.25, -0.2) is 4.98 Å². The van der Waals surface area contributed by atoms with Gasteiger partial charge in [0.2, 0.25) is 0 Å². The fraction of sp³-hybridized carbons (Fsp3) is 0.300. The first-order chi connectivity index (χ1) is 13.4. The molecule has 0 saturated heterocycles. The molecule has 0 bridgehead atoms. The zero-order chi connectivity index (χ0) is 20.3. The van der Waals surface area contributed by atoms with Crippen molar-refractivity contribution in [2.45, 2.75) is 0 Å². The molecule has 3 rings (SSSR count). The number of carbonyl (C=O) groups is 1. The highest BCUT2D eigenvalue weighted by atomic mass is 35.5. The first kappa shape index (κ1) is 23.2. The Balaban J connectivity index is 0.00000300. The molecule has 0 radical (unpaired) electrons. The predicted molar refractivity (Wildman–Crippen MR) is 122 cm³/mol. The Morgan fingerprint density at radius 2 is 1.66 bits per heavy atom. The third-order valence-corrected chi connectivity index (χ3v) is 5.58. The fourth-order valence-electron chi connectivity index (χ4n) is 2.72. The van der Waals surface area contributed by atoms with Crippen LogP contribution in [0.5, 0.6) is 11.5 Å². The van der Waals surface area contributed by atoms with Crippen molar-refractivity contribution in [2.24, 2.45) is 0 Å². The van der Waals surface area contributed by atoms with Gasteiger partial charge in [-0.3, -0.25) is 9.69 Å². The minimum Gasteiger partial charge on any atom is -0.495 e. The van der Waals surface area contributed by atoms with Crippen LogP contribution in [0.4, 0.5) is 5.13 Å². The van der Waals surface area contributed by atoms with Crippen LogP contribution < -0.4 is 14.4 Å². The number of aromatic nitrogens is 1. The van der Waals surface area contributed by atoms with Gasteiger partial charge < -0.3 is 14.4 Å². The lowest BCUT2D eigenvalue weighted by Gasteiger charge is -2.22. The van der Waals surface area contributed by atoms with Gasteiger partial charge in [-0.15, -0.1) is 12.4 Å². The van der Waals surface area contributed by atoms with E-state index in [2.05, 4.69) is 0 Å². The lowest BCUT2D eigenvalue weighted by atomic mass is 10.2. The summed E-state index contributed by atoms with van der Waals surface area (Å²) in [6.07, 6.45) is 0. The lowest BCUT2D eigenvalue weighted by Crippen LogP contribution is -2.36. The van der Waals surface area contributed by atoms with E-state index in [4.69, 9.17) is 26.1 Å². The van der Waals surface area contributed by atoms with Crippen LogP contribution in [0.15, 0.2) is 36.4 Å². The number of rotatable bonds is 7. The van der Waals surface area contributed by atoms with Crippen molar-refractivity contribution in [3.63, 3.8) is 0 Å². The monoisotopic (exact) mass is 455 g/mol. The van der Waals surface area contributed by atoms with Crippen LogP contribution in [0.2, 0.25) is 5.02 Å². The normalized spacial score (nSPS) is 10.7. The van der Waals surface area contributed by atoms with Gasteiger partial charge in [-0.2, -0.15) is 0 Å². The maximum absolute atomic E-state index is 13.2. The van der Waals surface area contributed by atoms with E-state index in [-0.39, 0.29) is 18.3 Å². The number of methoxy groups -OCH3 is 2. The Hall–Kier alpha value is -2.06. The maximum atomic E-state index is 13.2. The van der Waals surface area contributed by atoms with Gasteiger partial charge in [-0.05, 0) is 50.5 Å². The van der Waals surface area contributed by atoms with E-state index in [1.807, 2.05) is 31.1 Å². The molecule has 0 aliphatic heterocycles. The van der Waals surface area contributed by atoms with Crippen LogP contribution in [0.3, 0.4) is 0 Å². The van der Waals surface area contributed by atoms with Crippen LogP contribution >= 0.6 is 35.3 Å². The highest BCUT2D eigenvalue weighted by Gasteiger charge is 2.23. The van der Waals surface area contributed by atoms with Gasteiger partial charge in [0, 0.05) is 23.7 Å². The molecule has 0 fully saturated rings. The van der Waals surface area contributed by atoms with Gasteiger partial charge in [-0.1, -0.05) is 22.9 Å². The molecule has 156 valence electrons. The number of benzene rings is 2. The van der Waals surface area contributed by atoms with E-state index < -0.39 is 0 Å². The number of nitrogens with zero attached hydrogens (tertiary/aromatic N) is 3. The Labute approximate surface area is 185 Å². The summed E-state index contributed by atoms with van der Waals surface area (Å²) in [5.74, 6) is 1.21. The standard InChI is InChI=1S/C20H22ClN3O3S.ClH/c1-23(2)11-12-24(19(25)13-5-7-14(21)8-6-13)20-22-17-15(26-3)9-10-16(27-4)18(17)28-20;/h5-10H,11-12H2,1-4H3;1H. The number of ether oxygens (including phenoxy) is 2. The number of fused-ring (bicyclic) bond motifs is 1. The van der Waals surface area contributed by atoms with E-state index in [0.717, 1.165) is 4.70 Å². The molecule has 9 heteroatoms. The topological polar surface area (TPSA) is 54.9 Å². The number of likely N-dealkylation sites (N-methyl/N-ethyl adjacent to an activating group) is 1. The summed E-state index contributed by atoms with van der Waals surface area (Å²) >= 11 is 7.37. The first-order valence-corrected chi connectivity index (χ1v) is 9.87. The smallest absolute Gasteiger partial charge is 0.260 e. The van der Waals surface area contributed by atoms with E-state index in [1.165, 1.54) is 11.3 Å². The van der Waals surface area contributed by atoms with Gasteiger partial charge in [0.15, 0.2) is 5.13 Å². The van der Waals surface area contributed by atoms with Crippen molar-refractivity contribution in [3.8, 4) is 11.5 Å². The molecular formula is C20H23Cl2N3O3S. The van der Waals surface area contributed by atoms with Gasteiger partial charge in [0.25, 0.3) is 5.91 Å². The molecule has 0 N–H and O–H groups in total. The van der Waals surface area contributed by atoms with Crippen LogP contribution in [0.1, 0.15) is 10.4 Å². The van der Waals surface area contributed by atoms with Crippen molar-refractivity contribution in [1.29, 1.82) is 0 Å². The van der Waals surface area contributed by atoms with Crippen molar-refractivity contribution < 1.29 is 14.3 Å². The number of hydrogen-bond donors (Lipinski definition) is 0. The highest BCUT2D eigenvalue weighted by Crippen LogP contribution is 2.40. The molecule has 29 heavy (non-hydrogen) atoms. The Kier molecular flexibility index (Phi) is 8.10. The summed E-state index contributed by atoms with van der Waals surface area (Å²) in [4.78, 5) is 21.6. The van der Waals surface area contributed by atoms with Gasteiger partial charge in [0.1, 0.15) is 21.7 Å². The minimum absolute atomic E-state index is 0. The zero-order valence-corrected chi connectivity index (χ0v) is 19.0. The van der Waals surface area contributed by atoms with Crippen LogP contribution in [-0.2, 0) is 0 Å². The fourth-order valence-corrected chi connectivity index (χ4v) is 3.95. The summed E-state index contributed by atoms with van der Waals surface area (Å²) in [5.41, 5.74) is 1.24. The number of thiazole rings is 1. The predicted octanol–water partition coefficient (Wildman–Crippen LogP) is 4.60. The SMILES string of the molecule is COc1ccc(OC)c2sc(N(CCN(C)C)C(=O)c3ccc(Cl)cc3)nc12.Cl. The average Bonchev–Trinajstić information content (AvgIpc) is 3.12. The lowest BCUT2D eigenvalue weighted by molar-refractivity contribution is 0.0985. The van der Waals surface area contributed by atoms with Gasteiger partial charge in [0.05, 0.1) is 14.2 Å². The summed E-state index contributed by atoms with van der Waals surface area (Å²) in [7, 11) is 7.15. The van der Waals surface area contributed by atoms with E-state index in [0.29, 0.717) is 45.8 Å². The molecular weight excluding hydrogens is 433 g/mol. The van der Waals surface area contributed by atoms with Crippen LogP contribution in [0, 0.1) is 0 Å². The minimum atomic E-state index is -0.129. The summed E-state index contributed by atoms with van der Waals surface area (Å²) in [6.45, 7) is 1.20. The first-order valence-electron chi connectivity index (χ1n) is 8.68. The number of carbonyl (C=O) groups excluding carboxylic acids is 1. The van der Waals surface area contributed by atoms with Crippen LogP contribution in [0.25, 0.3) is 10.2 Å². The molecule has 1 aromatic heterocycles. The second-order valence-electron chi connectivity index (χ2n) is 6.41. The third kappa shape index (κ3) is 5.11. The highest BCUT2D eigenvalue weighted by molar-refractivity contribution is 7.22. The molecule has 2 aromatic carbocycles. The summed E-state index contributed by atoms with van der Waals surface area (Å²) in [5, 5.41) is 1.19.